The lowest BCUT2D eigenvalue weighted by Crippen LogP contribution is -2.40. The van der Waals surface area contributed by atoms with Crippen LogP contribution >= 0.6 is 0 Å². The number of hydrogen-bond donors (Lipinski definition) is 1. The van der Waals surface area contributed by atoms with E-state index < -0.39 is 0 Å². The highest BCUT2D eigenvalue weighted by Crippen LogP contribution is 2.29. The molecule has 1 atom stereocenters. The first-order valence-corrected chi connectivity index (χ1v) is 7.92. The second kappa shape index (κ2) is 6.18. The van der Waals surface area contributed by atoms with Gasteiger partial charge in [-0.1, -0.05) is 38.5 Å². The number of fused-ring (bicyclic) bond motifs is 1. The van der Waals surface area contributed by atoms with Crippen molar-refractivity contribution in [2.45, 2.75) is 59.4 Å². The van der Waals surface area contributed by atoms with Gasteiger partial charge in [0.25, 0.3) is 0 Å². The molecule has 0 aromatic heterocycles. The topological polar surface area (TPSA) is 46.3 Å². The molecule has 1 unspecified atom stereocenters. The molecule has 0 bridgehead atoms. The summed E-state index contributed by atoms with van der Waals surface area (Å²) in [6.07, 6.45) is 3.41. The third-order valence-electron chi connectivity index (χ3n) is 3.97. The van der Waals surface area contributed by atoms with E-state index in [1.165, 1.54) is 11.1 Å². The lowest BCUT2D eigenvalue weighted by Gasteiger charge is -2.31. The molecule has 1 amide bonds. The average molecular weight is 288 g/mol. The molecule has 0 aliphatic carbocycles. The summed E-state index contributed by atoms with van der Waals surface area (Å²) < 4.78 is 0. The van der Waals surface area contributed by atoms with Gasteiger partial charge in [0.05, 0.1) is 0 Å². The molecule has 1 aromatic carbocycles. The van der Waals surface area contributed by atoms with Gasteiger partial charge < -0.3 is 10.6 Å². The highest BCUT2D eigenvalue weighted by Gasteiger charge is 2.25. The summed E-state index contributed by atoms with van der Waals surface area (Å²) in [6.45, 7) is 9.40. The Labute approximate surface area is 128 Å². The summed E-state index contributed by atoms with van der Waals surface area (Å²) in [7, 11) is 0. The first kappa shape index (κ1) is 16.0. The Morgan fingerprint density at radius 3 is 2.76 bits per heavy atom. The Morgan fingerprint density at radius 2 is 2.10 bits per heavy atom. The SMILES string of the molecule is Cc1ccc2c(c1)CCCN2C(=O)CC(N)CC(C)(C)C. The number of nitrogens with zero attached hydrogens (tertiary/aromatic N) is 1. The number of carbonyl (C=O) groups excluding carboxylic acids is 1. The van der Waals surface area contributed by atoms with Crippen LogP contribution in [-0.4, -0.2) is 18.5 Å². The number of nitrogens with two attached hydrogens (primary N) is 1. The van der Waals surface area contributed by atoms with E-state index in [0.29, 0.717) is 6.42 Å². The molecule has 0 radical (unpaired) electrons. The third kappa shape index (κ3) is 4.31. The third-order valence-corrected chi connectivity index (χ3v) is 3.97. The zero-order chi connectivity index (χ0) is 15.6. The van der Waals surface area contributed by atoms with E-state index >= 15 is 0 Å². The van der Waals surface area contributed by atoms with Gasteiger partial charge >= 0.3 is 0 Å². The van der Waals surface area contributed by atoms with Crippen molar-refractivity contribution in [3.63, 3.8) is 0 Å². The number of anilines is 1. The molecule has 2 N–H and O–H groups in total. The fourth-order valence-corrected chi connectivity index (χ4v) is 3.18. The van der Waals surface area contributed by atoms with Crippen molar-refractivity contribution in [3.8, 4) is 0 Å². The molecule has 0 fully saturated rings. The van der Waals surface area contributed by atoms with Gasteiger partial charge in [-0.25, -0.2) is 0 Å². The summed E-state index contributed by atoms with van der Waals surface area (Å²) in [5, 5.41) is 0. The van der Waals surface area contributed by atoms with Gasteiger partial charge in [-0.3, -0.25) is 4.79 Å². The minimum Gasteiger partial charge on any atom is -0.327 e. The van der Waals surface area contributed by atoms with Crippen LogP contribution in [0.2, 0.25) is 0 Å². The molecule has 0 spiro atoms. The van der Waals surface area contributed by atoms with Crippen molar-refractivity contribution in [1.82, 2.24) is 0 Å². The summed E-state index contributed by atoms with van der Waals surface area (Å²) in [6, 6.07) is 6.30. The van der Waals surface area contributed by atoms with E-state index in [2.05, 4.69) is 45.9 Å². The maximum Gasteiger partial charge on any atom is 0.228 e. The highest BCUT2D eigenvalue weighted by molar-refractivity contribution is 5.95. The first-order chi connectivity index (χ1) is 9.76. The van der Waals surface area contributed by atoms with Crippen LogP contribution < -0.4 is 10.6 Å². The van der Waals surface area contributed by atoms with E-state index in [0.717, 1.165) is 31.5 Å². The molecule has 21 heavy (non-hydrogen) atoms. The van der Waals surface area contributed by atoms with Crippen molar-refractivity contribution < 1.29 is 4.79 Å². The quantitative estimate of drug-likeness (QED) is 0.926. The Bertz CT molecular complexity index is 516. The van der Waals surface area contributed by atoms with E-state index in [1.54, 1.807) is 0 Å². The summed E-state index contributed by atoms with van der Waals surface area (Å²) in [4.78, 5) is 14.5. The number of amides is 1. The van der Waals surface area contributed by atoms with Crippen molar-refractivity contribution in [2.75, 3.05) is 11.4 Å². The van der Waals surface area contributed by atoms with E-state index in [4.69, 9.17) is 5.73 Å². The Morgan fingerprint density at radius 1 is 1.38 bits per heavy atom. The normalized spacial score (nSPS) is 16.5. The maximum atomic E-state index is 12.6. The molecule has 1 aliphatic rings. The van der Waals surface area contributed by atoms with Gasteiger partial charge in [-0.15, -0.1) is 0 Å². The average Bonchev–Trinajstić information content (AvgIpc) is 2.35. The molecule has 1 heterocycles. The minimum absolute atomic E-state index is 0.0617. The molecule has 0 saturated heterocycles. The predicted molar refractivity (Wildman–Crippen MR) is 88.5 cm³/mol. The molecular formula is C18H28N2O. The molecular weight excluding hydrogens is 260 g/mol. The predicted octanol–water partition coefficient (Wildman–Crippen LogP) is 3.43. The molecule has 0 saturated carbocycles. The van der Waals surface area contributed by atoms with E-state index in [-0.39, 0.29) is 17.4 Å². The largest absolute Gasteiger partial charge is 0.327 e. The maximum absolute atomic E-state index is 12.6. The van der Waals surface area contributed by atoms with Gasteiger partial charge in [0.1, 0.15) is 0 Å². The lowest BCUT2D eigenvalue weighted by molar-refractivity contribution is -0.119. The van der Waals surface area contributed by atoms with Gasteiger partial charge in [0, 0.05) is 24.7 Å². The van der Waals surface area contributed by atoms with Crippen LogP contribution in [0.5, 0.6) is 0 Å². The second-order valence-corrected chi connectivity index (χ2v) is 7.51. The van der Waals surface area contributed by atoms with Crippen LogP contribution in [0.1, 0.15) is 51.2 Å². The van der Waals surface area contributed by atoms with Crippen LogP contribution in [0, 0.1) is 12.3 Å². The molecule has 3 heteroatoms. The van der Waals surface area contributed by atoms with E-state index in [9.17, 15) is 4.79 Å². The number of carbonyl (C=O) groups is 1. The number of aryl methyl sites for hydroxylation is 2. The first-order valence-electron chi connectivity index (χ1n) is 7.92. The summed E-state index contributed by atoms with van der Waals surface area (Å²) in [5.41, 5.74) is 9.96. The molecule has 3 nitrogen and oxygen atoms in total. The smallest absolute Gasteiger partial charge is 0.228 e. The monoisotopic (exact) mass is 288 g/mol. The Kier molecular flexibility index (Phi) is 4.72. The summed E-state index contributed by atoms with van der Waals surface area (Å²) in [5.74, 6) is 0.163. The van der Waals surface area contributed by atoms with Gasteiger partial charge in [0.15, 0.2) is 0 Å². The number of rotatable bonds is 3. The van der Waals surface area contributed by atoms with Gasteiger partial charge in [0.2, 0.25) is 5.91 Å². The minimum atomic E-state index is -0.0617. The fraction of sp³-hybridized carbons (Fsp3) is 0.611. The van der Waals surface area contributed by atoms with Crippen LogP contribution in [0.3, 0.4) is 0 Å². The Balaban J connectivity index is 2.08. The van der Waals surface area contributed by atoms with Gasteiger partial charge in [-0.05, 0) is 43.2 Å². The molecule has 116 valence electrons. The van der Waals surface area contributed by atoms with Crippen molar-refractivity contribution in [1.29, 1.82) is 0 Å². The van der Waals surface area contributed by atoms with Crippen LogP contribution in [0.4, 0.5) is 5.69 Å². The van der Waals surface area contributed by atoms with Crippen molar-refractivity contribution in [3.05, 3.63) is 29.3 Å². The molecule has 2 rings (SSSR count). The van der Waals surface area contributed by atoms with Gasteiger partial charge in [-0.2, -0.15) is 0 Å². The standard InChI is InChI=1S/C18H28N2O/c1-13-7-8-16-14(10-13)6-5-9-20(16)17(21)11-15(19)12-18(2,3)4/h7-8,10,15H,5-6,9,11-12,19H2,1-4H3. The van der Waals surface area contributed by atoms with E-state index in [1.807, 2.05) is 4.90 Å². The number of benzene rings is 1. The zero-order valence-electron chi connectivity index (χ0n) is 13.8. The van der Waals surface area contributed by atoms with Crippen LogP contribution in [0.15, 0.2) is 18.2 Å². The van der Waals surface area contributed by atoms with Crippen LogP contribution in [-0.2, 0) is 11.2 Å². The second-order valence-electron chi connectivity index (χ2n) is 7.51. The zero-order valence-corrected chi connectivity index (χ0v) is 13.8. The summed E-state index contributed by atoms with van der Waals surface area (Å²) >= 11 is 0. The fourth-order valence-electron chi connectivity index (χ4n) is 3.18. The van der Waals surface area contributed by atoms with Crippen LogP contribution in [0.25, 0.3) is 0 Å². The van der Waals surface area contributed by atoms with Crippen molar-refractivity contribution >= 4 is 11.6 Å². The Hall–Kier alpha value is -1.35. The highest BCUT2D eigenvalue weighted by atomic mass is 16.2. The molecule has 1 aromatic rings. The molecule has 1 aliphatic heterocycles. The number of hydrogen-bond acceptors (Lipinski definition) is 2. The lowest BCUT2D eigenvalue weighted by atomic mass is 9.87. The van der Waals surface area contributed by atoms with Crippen molar-refractivity contribution in [2.24, 2.45) is 11.1 Å².